The Morgan fingerprint density at radius 2 is 1.95 bits per heavy atom. The van der Waals surface area contributed by atoms with Crippen LogP contribution in [0.15, 0.2) is 30.3 Å². The maximum atomic E-state index is 6.15. The highest BCUT2D eigenvalue weighted by Gasteiger charge is 2.56. The van der Waals surface area contributed by atoms with Gasteiger partial charge in [-0.2, -0.15) is 0 Å². The maximum Gasteiger partial charge on any atom is 0.190 e. The first-order valence-corrected chi connectivity index (χ1v) is 7.89. The monoisotopic (exact) mass is 306 g/mol. The normalized spacial score (nSPS) is 38.9. The lowest BCUT2D eigenvalue weighted by Crippen LogP contribution is -2.37. The van der Waals surface area contributed by atoms with Crippen LogP contribution in [-0.4, -0.2) is 43.1 Å². The molecular formula is C17H22O5. The van der Waals surface area contributed by atoms with E-state index in [0.29, 0.717) is 12.7 Å². The summed E-state index contributed by atoms with van der Waals surface area (Å²) in [7, 11) is 0. The molecule has 0 radical (unpaired) electrons. The van der Waals surface area contributed by atoms with Crippen molar-refractivity contribution in [3.05, 3.63) is 35.9 Å². The van der Waals surface area contributed by atoms with Crippen LogP contribution in [0.1, 0.15) is 25.8 Å². The summed E-state index contributed by atoms with van der Waals surface area (Å²) in [4.78, 5) is 0. The number of rotatable bonds is 5. The fourth-order valence-electron chi connectivity index (χ4n) is 3.17. The van der Waals surface area contributed by atoms with Gasteiger partial charge in [0.2, 0.25) is 0 Å². The van der Waals surface area contributed by atoms with E-state index < -0.39 is 5.79 Å². The largest absolute Gasteiger partial charge is 0.373 e. The summed E-state index contributed by atoms with van der Waals surface area (Å²) in [6, 6.07) is 10.1. The third-order valence-electron chi connectivity index (χ3n) is 4.27. The number of ether oxygens (including phenoxy) is 5. The van der Waals surface area contributed by atoms with Gasteiger partial charge in [-0.25, -0.2) is 0 Å². The summed E-state index contributed by atoms with van der Waals surface area (Å²) in [5.41, 5.74) is 1.14. The van der Waals surface area contributed by atoms with E-state index in [2.05, 4.69) is 12.1 Å². The second kappa shape index (κ2) is 5.58. The molecule has 0 spiro atoms. The molecule has 0 aromatic heterocycles. The van der Waals surface area contributed by atoms with Crippen LogP contribution in [-0.2, 0) is 30.3 Å². The maximum absolute atomic E-state index is 6.15. The smallest absolute Gasteiger partial charge is 0.190 e. The van der Waals surface area contributed by atoms with Gasteiger partial charge in [0, 0.05) is 6.42 Å². The Bertz CT molecular complexity index is 513. The molecule has 4 rings (SSSR count). The van der Waals surface area contributed by atoms with Crippen LogP contribution >= 0.6 is 0 Å². The molecule has 0 N–H and O–H groups in total. The van der Waals surface area contributed by atoms with Gasteiger partial charge in [-0.1, -0.05) is 30.3 Å². The second-order valence-corrected chi connectivity index (χ2v) is 6.60. The van der Waals surface area contributed by atoms with Crippen molar-refractivity contribution < 1.29 is 23.7 Å². The van der Waals surface area contributed by atoms with E-state index in [9.17, 15) is 0 Å². The Morgan fingerprint density at radius 1 is 1.18 bits per heavy atom. The first-order valence-electron chi connectivity index (χ1n) is 7.89. The van der Waals surface area contributed by atoms with Crippen molar-refractivity contribution in [3.8, 4) is 0 Å². The predicted octanol–water partition coefficient (Wildman–Crippen LogP) is 2.24. The summed E-state index contributed by atoms with van der Waals surface area (Å²) in [6.45, 7) is 5.17. The van der Waals surface area contributed by atoms with E-state index in [1.165, 1.54) is 0 Å². The molecule has 0 amide bonds. The predicted molar refractivity (Wildman–Crippen MR) is 78.1 cm³/mol. The summed E-state index contributed by atoms with van der Waals surface area (Å²) in [6.07, 6.45) is 0.430. The SMILES string of the molecule is CC1(C)OC2OC(CC3CO3)C(OCc3ccccc3)C2O1. The molecule has 3 saturated heterocycles. The third kappa shape index (κ3) is 3.05. The zero-order chi connectivity index (χ0) is 15.2. The van der Waals surface area contributed by atoms with Crippen molar-refractivity contribution in [2.45, 2.75) is 63.4 Å². The van der Waals surface area contributed by atoms with Gasteiger partial charge in [0.25, 0.3) is 0 Å². The van der Waals surface area contributed by atoms with Crippen molar-refractivity contribution in [1.29, 1.82) is 0 Å². The lowest BCUT2D eigenvalue weighted by molar-refractivity contribution is -0.220. The third-order valence-corrected chi connectivity index (χ3v) is 4.27. The van der Waals surface area contributed by atoms with Crippen molar-refractivity contribution >= 4 is 0 Å². The highest BCUT2D eigenvalue weighted by atomic mass is 16.8. The van der Waals surface area contributed by atoms with Gasteiger partial charge < -0.3 is 23.7 Å². The molecule has 0 saturated carbocycles. The van der Waals surface area contributed by atoms with Gasteiger partial charge in [-0.05, 0) is 19.4 Å². The van der Waals surface area contributed by atoms with E-state index in [-0.39, 0.29) is 24.6 Å². The molecule has 3 aliphatic heterocycles. The van der Waals surface area contributed by atoms with Crippen LogP contribution in [0.25, 0.3) is 0 Å². The first-order chi connectivity index (χ1) is 10.6. The molecule has 1 aromatic rings. The van der Waals surface area contributed by atoms with Crippen LogP contribution in [0.5, 0.6) is 0 Å². The van der Waals surface area contributed by atoms with Gasteiger partial charge in [-0.15, -0.1) is 0 Å². The molecule has 5 atom stereocenters. The number of benzene rings is 1. The lowest BCUT2D eigenvalue weighted by Gasteiger charge is -2.25. The highest BCUT2D eigenvalue weighted by Crippen LogP contribution is 2.41. The van der Waals surface area contributed by atoms with Gasteiger partial charge in [-0.3, -0.25) is 0 Å². The molecule has 1 aromatic carbocycles. The van der Waals surface area contributed by atoms with Crippen LogP contribution in [0.4, 0.5) is 0 Å². The Labute approximate surface area is 130 Å². The van der Waals surface area contributed by atoms with E-state index in [1.807, 2.05) is 32.0 Å². The lowest BCUT2D eigenvalue weighted by atomic mass is 10.1. The second-order valence-electron chi connectivity index (χ2n) is 6.60. The average Bonchev–Trinajstić information content (AvgIpc) is 3.17. The van der Waals surface area contributed by atoms with E-state index in [1.54, 1.807) is 0 Å². The number of hydrogen-bond donors (Lipinski definition) is 0. The van der Waals surface area contributed by atoms with E-state index >= 15 is 0 Å². The molecule has 120 valence electrons. The molecule has 22 heavy (non-hydrogen) atoms. The first kappa shape index (κ1) is 14.6. The molecular weight excluding hydrogens is 284 g/mol. The molecule has 5 heteroatoms. The van der Waals surface area contributed by atoms with Gasteiger partial charge in [0.1, 0.15) is 12.2 Å². The van der Waals surface area contributed by atoms with Crippen LogP contribution in [0.3, 0.4) is 0 Å². The molecule has 5 nitrogen and oxygen atoms in total. The van der Waals surface area contributed by atoms with E-state index in [0.717, 1.165) is 18.6 Å². The number of fused-ring (bicyclic) bond motifs is 1. The van der Waals surface area contributed by atoms with E-state index in [4.69, 9.17) is 23.7 Å². The summed E-state index contributed by atoms with van der Waals surface area (Å²) in [5.74, 6) is -0.620. The Morgan fingerprint density at radius 3 is 2.68 bits per heavy atom. The fourth-order valence-corrected chi connectivity index (χ4v) is 3.17. The van der Waals surface area contributed by atoms with Gasteiger partial charge >= 0.3 is 0 Å². The molecule has 3 heterocycles. The molecule has 5 unspecified atom stereocenters. The molecule has 0 aliphatic carbocycles. The van der Waals surface area contributed by atoms with Crippen LogP contribution in [0.2, 0.25) is 0 Å². The zero-order valence-electron chi connectivity index (χ0n) is 12.9. The standard InChI is InChI=1S/C17H22O5/c1-17(2)21-15-14(19-9-11-6-4-3-5-7-11)13(8-12-10-18-12)20-16(15)22-17/h3-7,12-16H,8-10H2,1-2H3. The Hall–Kier alpha value is -0.980. The van der Waals surface area contributed by atoms with Crippen molar-refractivity contribution in [2.24, 2.45) is 0 Å². The van der Waals surface area contributed by atoms with Crippen molar-refractivity contribution in [2.75, 3.05) is 6.61 Å². The summed E-state index contributed by atoms with van der Waals surface area (Å²) in [5, 5.41) is 0. The van der Waals surface area contributed by atoms with Crippen molar-refractivity contribution in [3.63, 3.8) is 0 Å². The summed E-state index contributed by atoms with van der Waals surface area (Å²) < 4.78 is 29.3. The van der Waals surface area contributed by atoms with Crippen LogP contribution in [0, 0.1) is 0 Å². The van der Waals surface area contributed by atoms with Gasteiger partial charge in [0.15, 0.2) is 12.1 Å². The minimum Gasteiger partial charge on any atom is -0.373 e. The molecule has 3 fully saturated rings. The zero-order valence-corrected chi connectivity index (χ0v) is 12.9. The number of hydrogen-bond acceptors (Lipinski definition) is 5. The fraction of sp³-hybridized carbons (Fsp3) is 0.647. The Kier molecular flexibility index (Phi) is 3.71. The topological polar surface area (TPSA) is 49.5 Å². The molecule has 3 aliphatic rings. The average molecular weight is 306 g/mol. The minimum absolute atomic E-state index is 0.0395. The van der Waals surface area contributed by atoms with Gasteiger partial charge in [0.05, 0.1) is 25.4 Å². The summed E-state index contributed by atoms with van der Waals surface area (Å²) >= 11 is 0. The van der Waals surface area contributed by atoms with Crippen molar-refractivity contribution in [1.82, 2.24) is 0 Å². The Balaban J connectivity index is 1.45. The quantitative estimate of drug-likeness (QED) is 0.781. The highest BCUT2D eigenvalue weighted by molar-refractivity contribution is 5.13. The van der Waals surface area contributed by atoms with Crippen LogP contribution < -0.4 is 0 Å². The minimum atomic E-state index is -0.620. The molecule has 0 bridgehead atoms. The number of epoxide rings is 1.